The lowest BCUT2D eigenvalue weighted by atomic mass is 10.2. The predicted octanol–water partition coefficient (Wildman–Crippen LogP) is 2.33. The van der Waals surface area contributed by atoms with Crippen molar-refractivity contribution in [3.05, 3.63) is 33.8 Å². The maximum Gasteiger partial charge on any atom is 0.224 e. The summed E-state index contributed by atoms with van der Waals surface area (Å²) >= 11 is 11.9. The van der Waals surface area contributed by atoms with Crippen molar-refractivity contribution in [1.29, 1.82) is 0 Å². The summed E-state index contributed by atoms with van der Waals surface area (Å²) in [6.07, 6.45) is 0.494. The van der Waals surface area contributed by atoms with Crippen LogP contribution in [0.3, 0.4) is 0 Å². The third-order valence-electron chi connectivity index (χ3n) is 3.13. The fourth-order valence-corrected chi connectivity index (χ4v) is 2.68. The molecule has 1 aromatic rings. The summed E-state index contributed by atoms with van der Waals surface area (Å²) < 4.78 is 5.22. The number of carbonyl (C=O) groups is 1. The van der Waals surface area contributed by atoms with Crippen LogP contribution in [-0.2, 0) is 16.1 Å². The van der Waals surface area contributed by atoms with Crippen LogP contribution < -0.4 is 5.32 Å². The summed E-state index contributed by atoms with van der Waals surface area (Å²) in [5, 5.41) is 4.48. The SMILES string of the molecule is O=C(CCNCc1cc(Cl)cc(Cl)c1)N1CCOCC1. The highest BCUT2D eigenvalue weighted by Crippen LogP contribution is 2.18. The number of rotatable bonds is 5. The fourth-order valence-electron chi connectivity index (χ4n) is 2.11. The summed E-state index contributed by atoms with van der Waals surface area (Å²) in [6, 6.07) is 5.43. The van der Waals surface area contributed by atoms with E-state index in [0.717, 1.165) is 5.56 Å². The number of nitrogens with one attached hydrogen (secondary N) is 1. The molecule has 0 saturated carbocycles. The number of morpholine rings is 1. The Hall–Kier alpha value is -0.810. The predicted molar refractivity (Wildman–Crippen MR) is 80.2 cm³/mol. The molecule has 110 valence electrons. The van der Waals surface area contributed by atoms with E-state index in [9.17, 15) is 4.79 Å². The topological polar surface area (TPSA) is 41.6 Å². The van der Waals surface area contributed by atoms with Gasteiger partial charge in [0.05, 0.1) is 13.2 Å². The second-order valence-corrected chi connectivity index (χ2v) is 5.57. The van der Waals surface area contributed by atoms with Crippen LogP contribution in [0.2, 0.25) is 10.0 Å². The first kappa shape index (κ1) is 15.6. The average Bonchev–Trinajstić information content (AvgIpc) is 2.43. The minimum atomic E-state index is 0.171. The van der Waals surface area contributed by atoms with Gasteiger partial charge in [0.25, 0.3) is 0 Å². The molecule has 0 radical (unpaired) electrons. The number of amides is 1. The largest absolute Gasteiger partial charge is 0.378 e. The lowest BCUT2D eigenvalue weighted by Gasteiger charge is -2.26. The molecule has 1 aromatic carbocycles. The molecular weight excluding hydrogens is 299 g/mol. The van der Waals surface area contributed by atoms with E-state index in [1.54, 1.807) is 6.07 Å². The zero-order chi connectivity index (χ0) is 14.4. The molecule has 20 heavy (non-hydrogen) atoms. The summed E-state index contributed by atoms with van der Waals surface area (Å²) in [5.74, 6) is 0.171. The third-order valence-corrected chi connectivity index (χ3v) is 3.57. The Morgan fingerprint density at radius 1 is 1.20 bits per heavy atom. The van der Waals surface area contributed by atoms with Gasteiger partial charge in [0, 0.05) is 42.6 Å². The van der Waals surface area contributed by atoms with Crippen LogP contribution in [0.5, 0.6) is 0 Å². The van der Waals surface area contributed by atoms with Gasteiger partial charge in [-0.15, -0.1) is 0 Å². The molecule has 0 atom stereocenters. The van der Waals surface area contributed by atoms with Gasteiger partial charge in [-0.25, -0.2) is 0 Å². The van der Waals surface area contributed by atoms with Crippen molar-refractivity contribution in [2.75, 3.05) is 32.8 Å². The minimum absolute atomic E-state index is 0.171. The van der Waals surface area contributed by atoms with Crippen molar-refractivity contribution < 1.29 is 9.53 Å². The number of nitrogens with zero attached hydrogens (tertiary/aromatic N) is 1. The number of hydrogen-bond acceptors (Lipinski definition) is 3. The number of halogens is 2. The maximum absolute atomic E-state index is 11.9. The van der Waals surface area contributed by atoms with Crippen molar-refractivity contribution in [2.45, 2.75) is 13.0 Å². The van der Waals surface area contributed by atoms with E-state index in [0.29, 0.717) is 55.9 Å². The normalized spacial score (nSPS) is 15.4. The molecule has 1 aliphatic rings. The second-order valence-electron chi connectivity index (χ2n) is 4.70. The molecular formula is C14H18Cl2N2O2. The van der Waals surface area contributed by atoms with Crippen LogP contribution in [0.1, 0.15) is 12.0 Å². The van der Waals surface area contributed by atoms with Crippen molar-refractivity contribution in [2.24, 2.45) is 0 Å². The van der Waals surface area contributed by atoms with E-state index < -0.39 is 0 Å². The highest BCUT2D eigenvalue weighted by molar-refractivity contribution is 6.34. The molecule has 0 spiro atoms. The summed E-state index contributed by atoms with van der Waals surface area (Å²) in [4.78, 5) is 13.8. The van der Waals surface area contributed by atoms with Crippen molar-refractivity contribution >= 4 is 29.1 Å². The van der Waals surface area contributed by atoms with Gasteiger partial charge in [-0.05, 0) is 23.8 Å². The molecule has 0 aromatic heterocycles. The molecule has 0 aliphatic carbocycles. The molecule has 4 nitrogen and oxygen atoms in total. The highest BCUT2D eigenvalue weighted by Gasteiger charge is 2.15. The first-order valence-electron chi connectivity index (χ1n) is 6.66. The van der Waals surface area contributed by atoms with Gasteiger partial charge in [0.2, 0.25) is 5.91 Å². The Morgan fingerprint density at radius 2 is 1.85 bits per heavy atom. The van der Waals surface area contributed by atoms with Gasteiger partial charge in [0.1, 0.15) is 0 Å². The number of carbonyl (C=O) groups excluding carboxylic acids is 1. The van der Waals surface area contributed by atoms with Crippen LogP contribution >= 0.6 is 23.2 Å². The van der Waals surface area contributed by atoms with Gasteiger partial charge in [-0.2, -0.15) is 0 Å². The number of hydrogen-bond donors (Lipinski definition) is 1. The first-order chi connectivity index (χ1) is 9.65. The van der Waals surface area contributed by atoms with E-state index in [2.05, 4.69) is 5.32 Å². The molecule has 0 bridgehead atoms. The molecule has 1 saturated heterocycles. The second kappa shape index (κ2) is 7.84. The van der Waals surface area contributed by atoms with Crippen molar-refractivity contribution in [1.82, 2.24) is 10.2 Å². The Bertz CT molecular complexity index is 442. The van der Waals surface area contributed by atoms with Crippen LogP contribution in [0, 0.1) is 0 Å². The number of ether oxygens (including phenoxy) is 1. The van der Waals surface area contributed by atoms with Gasteiger partial charge < -0.3 is 15.0 Å². The first-order valence-corrected chi connectivity index (χ1v) is 7.42. The van der Waals surface area contributed by atoms with E-state index in [1.807, 2.05) is 17.0 Å². The zero-order valence-corrected chi connectivity index (χ0v) is 12.7. The zero-order valence-electron chi connectivity index (χ0n) is 11.2. The lowest BCUT2D eigenvalue weighted by Crippen LogP contribution is -2.41. The van der Waals surface area contributed by atoms with Gasteiger partial charge in [0.15, 0.2) is 0 Å². The molecule has 1 amide bonds. The molecule has 1 aliphatic heterocycles. The Labute approximate surface area is 129 Å². The monoisotopic (exact) mass is 316 g/mol. The Morgan fingerprint density at radius 3 is 2.50 bits per heavy atom. The van der Waals surface area contributed by atoms with Crippen LogP contribution in [0.15, 0.2) is 18.2 Å². The number of benzene rings is 1. The van der Waals surface area contributed by atoms with Gasteiger partial charge in [-0.3, -0.25) is 4.79 Å². The molecule has 2 rings (SSSR count). The summed E-state index contributed by atoms with van der Waals surface area (Å²) in [7, 11) is 0. The van der Waals surface area contributed by atoms with Gasteiger partial charge >= 0.3 is 0 Å². The quantitative estimate of drug-likeness (QED) is 0.848. The molecule has 1 N–H and O–H groups in total. The van der Waals surface area contributed by atoms with Crippen molar-refractivity contribution in [3.63, 3.8) is 0 Å². The van der Waals surface area contributed by atoms with E-state index in [-0.39, 0.29) is 5.91 Å². The molecule has 0 unspecified atom stereocenters. The van der Waals surface area contributed by atoms with E-state index >= 15 is 0 Å². The van der Waals surface area contributed by atoms with Gasteiger partial charge in [-0.1, -0.05) is 23.2 Å². The smallest absolute Gasteiger partial charge is 0.224 e. The van der Waals surface area contributed by atoms with Crippen LogP contribution in [0.4, 0.5) is 0 Å². The summed E-state index contributed by atoms with van der Waals surface area (Å²) in [5.41, 5.74) is 1.02. The molecule has 1 heterocycles. The van der Waals surface area contributed by atoms with Crippen LogP contribution in [-0.4, -0.2) is 43.7 Å². The standard InChI is InChI=1S/C14H18Cl2N2O2/c15-12-7-11(8-13(16)9-12)10-17-2-1-14(19)18-3-5-20-6-4-18/h7-9,17H,1-6,10H2. The van der Waals surface area contributed by atoms with Crippen molar-refractivity contribution in [3.8, 4) is 0 Å². The van der Waals surface area contributed by atoms with Crippen LogP contribution in [0.25, 0.3) is 0 Å². The highest BCUT2D eigenvalue weighted by atomic mass is 35.5. The fraction of sp³-hybridized carbons (Fsp3) is 0.500. The van der Waals surface area contributed by atoms with E-state index in [4.69, 9.17) is 27.9 Å². The average molecular weight is 317 g/mol. The Balaban J connectivity index is 1.69. The maximum atomic E-state index is 11.9. The molecule has 1 fully saturated rings. The molecule has 6 heteroatoms. The van der Waals surface area contributed by atoms with E-state index in [1.165, 1.54) is 0 Å². The Kier molecular flexibility index (Phi) is 6.10. The third kappa shape index (κ3) is 4.94. The lowest BCUT2D eigenvalue weighted by molar-refractivity contribution is -0.135. The summed E-state index contributed by atoms with van der Waals surface area (Å²) in [6.45, 7) is 3.96. The minimum Gasteiger partial charge on any atom is -0.378 e.